The summed E-state index contributed by atoms with van der Waals surface area (Å²) < 4.78 is 8.73. The van der Waals surface area contributed by atoms with Crippen molar-refractivity contribution in [1.29, 1.82) is 0 Å². The summed E-state index contributed by atoms with van der Waals surface area (Å²) in [6.07, 6.45) is 0. The summed E-state index contributed by atoms with van der Waals surface area (Å²) in [6, 6.07) is 91.9. The molecule has 0 aliphatic carbocycles. The summed E-state index contributed by atoms with van der Waals surface area (Å²) in [5.74, 6) is 0. The van der Waals surface area contributed by atoms with Crippen molar-refractivity contribution in [3.8, 4) is 50.2 Å². The van der Waals surface area contributed by atoms with Crippen LogP contribution in [0.2, 0.25) is 0 Å². The molecule has 13 rings (SSSR count). The van der Waals surface area contributed by atoms with Gasteiger partial charge in [-0.05, 0) is 117 Å². The van der Waals surface area contributed by atoms with Crippen LogP contribution in [0.25, 0.3) is 105 Å². The molecule has 0 saturated carbocycles. The molecule has 67 heavy (non-hydrogen) atoms. The number of furan rings is 1. The number of rotatable bonds is 8. The summed E-state index contributed by atoms with van der Waals surface area (Å²) >= 11 is 0. The summed E-state index contributed by atoms with van der Waals surface area (Å²) in [6.45, 7) is 0. The van der Waals surface area contributed by atoms with Gasteiger partial charge >= 0.3 is 0 Å². The molecule has 0 bridgehead atoms. The Labute approximate surface area is 388 Å². The van der Waals surface area contributed by atoms with E-state index in [2.05, 4.69) is 252 Å². The van der Waals surface area contributed by atoms with Gasteiger partial charge in [0.15, 0.2) is 0 Å². The molecule has 0 atom stereocenters. The number of anilines is 3. The van der Waals surface area contributed by atoms with Gasteiger partial charge in [0.2, 0.25) is 0 Å². The predicted molar refractivity (Wildman–Crippen MR) is 282 cm³/mol. The first kappa shape index (κ1) is 38.5. The summed E-state index contributed by atoms with van der Waals surface area (Å²) in [5.41, 5.74) is 17.9. The largest absolute Gasteiger partial charge is 0.456 e. The highest BCUT2D eigenvalue weighted by Crippen LogP contribution is 2.44. The zero-order chi connectivity index (χ0) is 44.3. The highest BCUT2D eigenvalue weighted by Gasteiger charge is 2.20. The van der Waals surface area contributed by atoms with E-state index >= 15 is 0 Å². The molecule has 3 nitrogen and oxygen atoms in total. The average Bonchev–Trinajstić information content (AvgIpc) is 3.96. The lowest BCUT2D eigenvalue weighted by atomic mass is 9.93. The van der Waals surface area contributed by atoms with Gasteiger partial charge in [-0.2, -0.15) is 0 Å². The van der Waals surface area contributed by atoms with Crippen LogP contribution in [-0.2, 0) is 0 Å². The van der Waals surface area contributed by atoms with Crippen molar-refractivity contribution in [3.63, 3.8) is 0 Å². The molecular weight excluding hydrogens is 813 g/mol. The number of nitrogens with zero attached hydrogens (tertiary/aromatic N) is 2. The molecule has 13 aromatic rings. The minimum Gasteiger partial charge on any atom is -0.456 e. The molecule has 0 amide bonds. The molecule has 0 spiro atoms. The second-order valence-corrected chi connectivity index (χ2v) is 17.3. The van der Waals surface area contributed by atoms with E-state index in [1.54, 1.807) is 0 Å². The van der Waals surface area contributed by atoms with E-state index in [1.807, 2.05) is 12.1 Å². The van der Waals surface area contributed by atoms with Crippen molar-refractivity contribution < 1.29 is 4.42 Å². The second kappa shape index (κ2) is 16.0. The molecular formula is C64H42N2O. The van der Waals surface area contributed by atoms with E-state index in [0.717, 1.165) is 61.4 Å². The molecule has 2 heterocycles. The van der Waals surface area contributed by atoms with Crippen LogP contribution in [0.5, 0.6) is 0 Å². The van der Waals surface area contributed by atoms with Crippen LogP contribution in [-0.4, -0.2) is 4.57 Å². The molecule has 0 radical (unpaired) electrons. The fourth-order valence-electron chi connectivity index (χ4n) is 10.3. The Morgan fingerprint density at radius 1 is 0.313 bits per heavy atom. The van der Waals surface area contributed by atoms with Crippen molar-refractivity contribution in [2.75, 3.05) is 4.90 Å². The standard InChI is InChI=1S/C64H42N2O/c1-4-15-44(16-5-1)53-40-37-52(42-59(53)45-17-6-2-7-18-45)65(51-35-29-47(30-36-51)54-24-14-26-62-63(54)58-23-12-13-25-61(58)67-62)50-33-27-43(28-34-50)48-32-38-56-57-39-31-46-19-10-11-22-55(46)64(57)66(60(56)41-48)49-20-8-3-9-21-49/h1-42H. The van der Waals surface area contributed by atoms with E-state index in [9.17, 15) is 0 Å². The molecule has 0 unspecified atom stereocenters. The van der Waals surface area contributed by atoms with E-state index in [-0.39, 0.29) is 0 Å². The summed E-state index contributed by atoms with van der Waals surface area (Å²) in [5, 5.41) is 7.24. The van der Waals surface area contributed by atoms with Crippen molar-refractivity contribution in [2.24, 2.45) is 0 Å². The van der Waals surface area contributed by atoms with Crippen molar-refractivity contribution in [2.45, 2.75) is 0 Å². The van der Waals surface area contributed by atoms with Gasteiger partial charge in [0.05, 0.1) is 11.0 Å². The maximum Gasteiger partial charge on any atom is 0.136 e. The van der Waals surface area contributed by atoms with Crippen LogP contribution in [0.4, 0.5) is 17.1 Å². The number of aromatic nitrogens is 1. The molecule has 2 aromatic heterocycles. The van der Waals surface area contributed by atoms with Gasteiger partial charge in [0.1, 0.15) is 11.2 Å². The molecule has 3 heteroatoms. The van der Waals surface area contributed by atoms with E-state index in [4.69, 9.17) is 4.42 Å². The zero-order valence-electron chi connectivity index (χ0n) is 36.6. The third-order valence-electron chi connectivity index (χ3n) is 13.4. The Balaban J connectivity index is 0.952. The fraction of sp³-hybridized carbons (Fsp3) is 0. The molecule has 0 N–H and O–H groups in total. The molecule has 11 aromatic carbocycles. The van der Waals surface area contributed by atoms with Gasteiger partial charge < -0.3 is 13.9 Å². The Hall–Kier alpha value is -8.92. The second-order valence-electron chi connectivity index (χ2n) is 17.3. The van der Waals surface area contributed by atoms with Gasteiger partial charge in [-0.25, -0.2) is 0 Å². The van der Waals surface area contributed by atoms with Gasteiger partial charge in [-0.15, -0.1) is 0 Å². The first-order valence-corrected chi connectivity index (χ1v) is 22.9. The molecule has 0 aliphatic rings. The maximum atomic E-state index is 6.29. The number of fused-ring (bicyclic) bond motifs is 8. The first-order chi connectivity index (χ1) is 33.2. The van der Waals surface area contributed by atoms with E-state index < -0.39 is 0 Å². The van der Waals surface area contributed by atoms with E-state index in [0.29, 0.717) is 0 Å². The number of para-hydroxylation sites is 2. The van der Waals surface area contributed by atoms with Gasteiger partial charge in [-0.1, -0.05) is 188 Å². The Bertz CT molecular complexity index is 3940. The van der Waals surface area contributed by atoms with Crippen molar-refractivity contribution in [1.82, 2.24) is 4.57 Å². The van der Waals surface area contributed by atoms with Crippen molar-refractivity contribution >= 4 is 71.6 Å². The minimum absolute atomic E-state index is 0.894. The van der Waals surface area contributed by atoms with E-state index in [1.165, 1.54) is 60.4 Å². The van der Waals surface area contributed by atoms with Gasteiger partial charge in [0.25, 0.3) is 0 Å². The molecule has 314 valence electrons. The van der Waals surface area contributed by atoms with Gasteiger partial charge in [0, 0.05) is 49.7 Å². The van der Waals surface area contributed by atoms with Crippen LogP contribution in [0, 0.1) is 0 Å². The molecule has 0 saturated heterocycles. The predicted octanol–water partition coefficient (Wildman–Crippen LogP) is 18.0. The fourth-order valence-corrected chi connectivity index (χ4v) is 10.3. The Kier molecular flexibility index (Phi) is 9.17. The SMILES string of the molecule is c1ccc(-c2ccc(N(c3ccc(-c4ccc5c6ccc7ccccc7c6n(-c6ccccc6)c5c4)cc3)c3ccc(-c4cccc5oc6ccccc6c45)cc3)cc2-c2ccccc2)cc1. The number of benzene rings is 11. The lowest BCUT2D eigenvalue weighted by Crippen LogP contribution is -2.10. The monoisotopic (exact) mass is 854 g/mol. The first-order valence-electron chi connectivity index (χ1n) is 22.9. The molecule has 0 fully saturated rings. The summed E-state index contributed by atoms with van der Waals surface area (Å²) in [4.78, 5) is 2.38. The molecule has 0 aliphatic heterocycles. The number of hydrogen-bond acceptors (Lipinski definition) is 2. The number of hydrogen-bond donors (Lipinski definition) is 0. The highest BCUT2D eigenvalue weighted by molar-refractivity contribution is 6.19. The Morgan fingerprint density at radius 3 is 1.63 bits per heavy atom. The van der Waals surface area contributed by atoms with Crippen LogP contribution in [0.15, 0.2) is 259 Å². The smallest absolute Gasteiger partial charge is 0.136 e. The lowest BCUT2D eigenvalue weighted by Gasteiger charge is -2.27. The van der Waals surface area contributed by atoms with Crippen LogP contribution < -0.4 is 4.90 Å². The topological polar surface area (TPSA) is 21.3 Å². The summed E-state index contributed by atoms with van der Waals surface area (Å²) in [7, 11) is 0. The minimum atomic E-state index is 0.894. The Morgan fingerprint density at radius 2 is 0.881 bits per heavy atom. The normalized spacial score (nSPS) is 11.6. The quantitative estimate of drug-likeness (QED) is 0.152. The lowest BCUT2D eigenvalue weighted by molar-refractivity contribution is 0.669. The maximum absolute atomic E-state index is 6.29. The van der Waals surface area contributed by atoms with Crippen LogP contribution in [0.3, 0.4) is 0 Å². The average molecular weight is 855 g/mol. The van der Waals surface area contributed by atoms with Gasteiger partial charge in [-0.3, -0.25) is 0 Å². The van der Waals surface area contributed by atoms with Crippen LogP contribution in [0.1, 0.15) is 0 Å². The third kappa shape index (κ3) is 6.59. The van der Waals surface area contributed by atoms with Crippen LogP contribution >= 0.6 is 0 Å². The third-order valence-corrected chi connectivity index (χ3v) is 13.4. The highest BCUT2D eigenvalue weighted by atomic mass is 16.3. The van der Waals surface area contributed by atoms with Crippen molar-refractivity contribution in [3.05, 3.63) is 255 Å². The zero-order valence-corrected chi connectivity index (χ0v) is 36.6.